The van der Waals surface area contributed by atoms with E-state index in [4.69, 9.17) is 4.74 Å². The molecule has 0 amide bonds. The van der Waals surface area contributed by atoms with Gasteiger partial charge in [0, 0.05) is 30.9 Å². The lowest BCUT2D eigenvalue weighted by Gasteiger charge is -2.32. The van der Waals surface area contributed by atoms with Crippen molar-refractivity contribution in [2.45, 2.75) is 39.4 Å². The molecule has 1 saturated heterocycles. The van der Waals surface area contributed by atoms with Crippen LogP contribution in [0.2, 0.25) is 0 Å². The quantitative estimate of drug-likeness (QED) is 0.369. The number of aromatic nitrogens is 5. The Kier molecular flexibility index (Phi) is 7.00. The minimum atomic E-state index is -0.928. The highest BCUT2D eigenvalue weighted by molar-refractivity contribution is 5.83. The van der Waals surface area contributed by atoms with Crippen LogP contribution in [0.1, 0.15) is 31.3 Å². The zero-order valence-electron chi connectivity index (χ0n) is 21.2. The summed E-state index contributed by atoms with van der Waals surface area (Å²) in [5.74, 6) is -1.01. The third-order valence-corrected chi connectivity index (χ3v) is 6.43. The van der Waals surface area contributed by atoms with Crippen molar-refractivity contribution < 1.29 is 23.4 Å². The fraction of sp³-hybridized carbons (Fsp3) is 0.346. The van der Waals surface area contributed by atoms with Gasteiger partial charge in [-0.25, -0.2) is 28.7 Å². The Hall–Kier alpha value is -4.03. The van der Waals surface area contributed by atoms with E-state index in [1.54, 1.807) is 25.3 Å². The van der Waals surface area contributed by atoms with Gasteiger partial charge >= 0.3 is 5.97 Å². The summed E-state index contributed by atoms with van der Waals surface area (Å²) < 4.78 is 36.9. The molecule has 10 nitrogen and oxygen atoms in total. The highest BCUT2D eigenvalue weighted by atomic mass is 19.1. The summed E-state index contributed by atoms with van der Waals surface area (Å²) in [6.45, 7) is 7.26. The van der Waals surface area contributed by atoms with Gasteiger partial charge in [-0.1, -0.05) is 6.07 Å². The van der Waals surface area contributed by atoms with Crippen LogP contribution in [0.5, 0.6) is 0 Å². The summed E-state index contributed by atoms with van der Waals surface area (Å²) in [5, 5.41) is 12.4. The molecule has 0 radical (unpaired) electrons. The number of carboxylic acid groups (broad SMARTS) is 1. The predicted octanol–water partition coefficient (Wildman–Crippen LogP) is 4.08. The first-order valence-corrected chi connectivity index (χ1v) is 12.2. The van der Waals surface area contributed by atoms with Crippen LogP contribution >= 0.6 is 0 Å². The third-order valence-electron chi connectivity index (χ3n) is 6.43. The Morgan fingerprint density at radius 3 is 2.71 bits per heavy atom. The van der Waals surface area contributed by atoms with E-state index in [0.717, 1.165) is 11.8 Å². The summed E-state index contributed by atoms with van der Waals surface area (Å²) in [6.07, 6.45) is 2.65. The molecular formula is C26H27F2N7O3. The molecule has 2 N–H and O–H groups in total. The number of anilines is 2. The van der Waals surface area contributed by atoms with Crippen LogP contribution in [0.25, 0.3) is 22.3 Å². The minimum absolute atomic E-state index is 0.0365. The molecule has 1 aromatic carbocycles. The van der Waals surface area contributed by atoms with Gasteiger partial charge in [0.2, 0.25) is 5.95 Å². The number of nitrogens with one attached hydrogen (secondary N) is 1. The Balaban J connectivity index is 1.38. The summed E-state index contributed by atoms with van der Waals surface area (Å²) in [4.78, 5) is 30.3. The number of aryl methyl sites for hydroxylation is 1. The van der Waals surface area contributed by atoms with E-state index in [2.05, 4.69) is 25.3 Å². The van der Waals surface area contributed by atoms with Crippen molar-refractivity contribution in [2.24, 2.45) is 0 Å². The molecular weight excluding hydrogens is 496 g/mol. The van der Waals surface area contributed by atoms with Crippen LogP contribution in [0, 0.1) is 18.6 Å². The number of imidazole rings is 1. The van der Waals surface area contributed by atoms with Gasteiger partial charge in [-0.2, -0.15) is 0 Å². The van der Waals surface area contributed by atoms with Crippen LogP contribution in [0.4, 0.5) is 20.5 Å². The first-order chi connectivity index (χ1) is 18.2. The molecule has 0 bridgehead atoms. The number of hydrogen-bond donors (Lipinski definition) is 2. The molecule has 12 heteroatoms. The first kappa shape index (κ1) is 25.6. The van der Waals surface area contributed by atoms with Gasteiger partial charge in [0.15, 0.2) is 11.6 Å². The molecule has 1 fully saturated rings. The monoisotopic (exact) mass is 523 g/mol. The Morgan fingerprint density at radius 1 is 1.18 bits per heavy atom. The Bertz CT molecular complexity index is 1490. The van der Waals surface area contributed by atoms with Crippen LogP contribution in [0.15, 0.2) is 36.7 Å². The van der Waals surface area contributed by atoms with Crippen molar-refractivity contribution >= 4 is 28.8 Å². The second-order valence-electron chi connectivity index (χ2n) is 9.41. The highest BCUT2D eigenvalue weighted by Crippen LogP contribution is 2.30. The van der Waals surface area contributed by atoms with Gasteiger partial charge < -0.3 is 19.7 Å². The van der Waals surface area contributed by atoms with Crippen molar-refractivity contribution in [3.63, 3.8) is 0 Å². The van der Waals surface area contributed by atoms with Crippen molar-refractivity contribution in [2.75, 3.05) is 25.1 Å². The maximum absolute atomic E-state index is 14.9. The van der Waals surface area contributed by atoms with E-state index in [9.17, 15) is 18.7 Å². The molecule has 38 heavy (non-hydrogen) atoms. The summed E-state index contributed by atoms with van der Waals surface area (Å²) in [5.41, 5.74) is 1.82. The van der Waals surface area contributed by atoms with Gasteiger partial charge in [-0.15, -0.1) is 0 Å². The number of nitrogens with zero attached hydrogens (tertiary/aromatic N) is 6. The first-order valence-electron chi connectivity index (χ1n) is 12.2. The summed E-state index contributed by atoms with van der Waals surface area (Å²) >= 11 is 0. The van der Waals surface area contributed by atoms with E-state index in [1.807, 2.05) is 29.4 Å². The molecule has 4 heterocycles. The van der Waals surface area contributed by atoms with Crippen molar-refractivity contribution in [1.82, 2.24) is 29.4 Å². The summed E-state index contributed by atoms with van der Waals surface area (Å²) in [6, 6.07) is 5.74. The van der Waals surface area contributed by atoms with E-state index in [-0.39, 0.29) is 35.4 Å². The Morgan fingerprint density at radius 2 is 2.00 bits per heavy atom. The molecule has 0 unspecified atom stereocenters. The molecule has 4 aromatic rings. The number of rotatable bonds is 7. The highest BCUT2D eigenvalue weighted by Gasteiger charge is 2.29. The second kappa shape index (κ2) is 10.4. The van der Waals surface area contributed by atoms with Gasteiger partial charge in [0.05, 0.1) is 24.9 Å². The number of morpholine rings is 1. The van der Waals surface area contributed by atoms with E-state index >= 15 is 0 Å². The van der Waals surface area contributed by atoms with Crippen molar-refractivity contribution in [1.29, 1.82) is 0 Å². The maximum atomic E-state index is 14.9. The number of aliphatic carboxylic acids is 1. The lowest BCUT2D eigenvalue weighted by molar-refractivity contribution is -0.150. The van der Waals surface area contributed by atoms with Crippen LogP contribution < -0.4 is 5.32 Å². The Labute approximate surface area is 217 Å². The molecule has 1 aliphatic rings. The lowest BCUT2D eigenvalue weighted by atomic mass is 10.1. The standard InChI is InChI=1S/C26H27F2N7O3/c1-14(2)35-15(3)31-24-18(27)8-17(9-20(24)35)23-19(28)11-30-26(33-23)32-22-5-4-16(10-29-22)12-34-6-7-38-13-21(34)25(36)37/h4-5,8-11,14,21H,6-7,12-13H2,1-3H3,(H,36,37)(H,29,30,32,33)/t21-/m0/s1. The van der Waals surface area contributed by atoms with E-state index < -0.39 is 23.6 Å². The number of pyridine rings is 1. The fourth-order valence-corrected chi connectivity index (χ4v) is 4.68. The van der Waals surface area contributed by atoms with Crippen LogP contribution in [0.3, 0.4) is 0 Å². The van der Waals surface area contributed by atoms with Gasteiger partial charge in [-0.3, -0.25) is 9.69 Å². The molecule has 1 atom stereocenters. The molecule has 0 aliphatic carbocycles. The average Bonchev–Trinajstić information content (AvgIpc) is 3.23. The lowest BCUT2D eigenvalue weighted by Crippen LogP contribution is -2.49. The SMILES string of the molecule is Cc1nc2c(F)cc(-c3nc(Nc4ccc(CN5CCOC[C@H]5C(=O)O)cn4)ncc3F)cc2n1C(C)C. The average molecular weight is 524 g/mol. The number of carboxylic acids is 1. The normalized spacial score (nSPS) is 16.3. The number of ether oxygens (including phenoxy) is 1. The fourth-order valence-electron chi connectivity index (χ4n) is 4.68. The molecule has 5 rings (SSSR count). The zero-order chi connectivity index (χ0) is 27.0. The van der Waals surface area contributed by atoms with Gasteiger partial charge in [0.1, 0.15) is 28.9 Å². The van der Waals surface area contributed by atoms with Gasteiger partial charge in [-0.05, 0) is 44.5 Å². The van der Waals surface area contributed by atoms with Crippen molar-refractivity contribution in [3.05, 3.63) is 59.7 Å². The number of carbonyl (C=O) groups is 1. The molecule has 3 aromatic heterocycles. The maximum Gasteiger partial charge on any atom is 0.323 e. The summed E-state index contributed by atoms with van der Waals surface area (Å²) in [7, 11) is 0. The van der Waals surface area contributed by atoms with Gasteiger partial charge in [0.25, 0.3) is 0 Å². The largest absolute Gasteiger partial charge is 0.480 e. The molecule has 1 aliphatic heterocycles. The minimum Gasteiger partial charge on any atom is -0.480 e. The number of hydrogen-bond acceptors (Lipinski definition) is 8. The topological polar surface area (TPSA) is 118 Å². The van der Waals surface area contributed by atoms with E-state index in [1.165, 1.54) is 6.07 Å². The number of fused-ring (bicyclic) bond motifs is 1. The van der Waals surface area contributed by atoms with E-state index in [0.29, 0.717) is 36.9 Å². The number of halogens is 2. The van der Waals surface area contributed by atoms with Crippen LogP contribution in [-0.2, 0) is 16.1 Å². The number of benzene rings is 1. The zero-order valence-corrected chi connectivity index (χ0v) is 21.2. The molecule has 198 valence electrons. The second-order valence-corrected chi connectivity index (χ2v) is 9.41. The predicted molar refractivity (Wildman–Crippen MR) is 136 cm³/mol. The molecule has 0 saturated carbocycles. The smallest absolute Gasteiger partial charge is 0.323 e. The van der Waals surface area contributed by atoms with Crippen molar-refractivity contribution in [3.8, 4) is 11.3 Å². The molecule has 0 spiro atoms. The third kappa shape index (κ3) is 5.04. The van der Waals surface area contributed by atoms with Crippen LogP contribution in [-0.4, -0.2) is 66.3 Å².